The van der Waals surface area contributed by atoms with E-state index in [-0.39, 0.29) is 16.8 Å². The molecule has 27 heavy (non-hydrogen) atoms. The number of aryl methyl sites for hydroxylation is 2. The zero-order chi connectivity index (χ0) is 19.6. The largest absolute Gasteiger partial charge is 0.507 e. The molecule has 1 amide bonds. The molecule has 3 N–H and O–H groups in total. The fourth-order valence-electron chi connectivity index (χ4n) is 2.86. The van der Waals surface area contributed by atoms with Gasteiger partial charge in [0.1, 0.15) is 11.3 Å². The maximum Gasteiger partial charge on any atom is 0.231 e. The monoisotopic (exact) mass is 383 g/mol. The molecule has 0 bridgehead atoms. The Bertz CT molecular complexity index is 1030. The Morgan fingerprint density at radius 1 is 1.26 bits per heavy atom. The van der Waals surface area contributed by atoms with E-state index in [4.69, 9.17) is 16.6 Å². The molecule has 0 unspecified atom stereocenters. The van der Waals surface area contributed by atoms with Gasteiger partial charge in [-0.05, 0) is 67.9 Å². The smallest absolute Gasteiger partial charge is 0.231 e. The lowest BCUT2D eigenvalue weighted by Gasteiger charge is -2.10. The van der Waals surface area contributed by atoms with Crippen molar-refractivity contribution in [2.75, 3.05) is 5.32 Å². The van der Waals surface area contributed by atoms with Crippen LogP contribution >= 0.6 is 12.2 Å². The summed E-state index contributed by atoms with van der Waals surface area (Å²) in [5.74, 6) is 0.224. The van der Waals surface area contributed by atoms with E-state index in [0.717, 1.165) is 23.1 Å². The fourth-order valence-corrected chi connectivity index (χ4v) is 3.09. The SMILES string of the molecule is CCCC(=O)NC(=S)Nc1ccc(O)c(-c2nc3cc(C)cc(C)c3o2)c1. The van der Waals surface area contributed by atoms with E-state index in [1.807, 2.05) is 32.9 Å². The molecule has 3 aromatic rings. The molecule has 0 aliphatic rings. The first-order chi connectivity index (χ1) is 12.9. The van der Waals surface area contributed by atoms with Crippen molar-refractivity contribution in [2.24, 2.45) is 0 Å². The minimum Gasteiger partial charge on any atom is -0.507 e. The van der Waals surface area contributed by atoms with Gasteiger partial charge in [-0.3, -0.25) is 4.79 Å². The van der Waals surface area contributed by atoms with Crippen LogP contribution in [0.2, 0.25) is 0 Å². The van der Waals surface area contributed by atoms with Crippen LogP contribution in [0.25, 0.3) is 22.6 Å². The standard InChI is InChI=1S/C20H21N3O3S/c1-4-5-17(25)23-20(27)21-13-6-7-16(24)14(10-13)19-22-15-9-11(2)8-12(3)18(15)26-19/h6-10,24H,4-5H2,1-3H3,(H2,21,23,25,27). The Labute approximate surface area is 162 Å². The lowest BCUT2D eigenvalue weighted by atomic mass is 10.1. The van der Waals surface area contributed by atoms with E-state index in [2.05, 4.69) is 15.6 Å². The number of aromatic nitrogens is 1. The zero-order valence-electron chi connectivity index (χ0n) is 15.4. The van der Waals surface area contributed by atoms with Crippen LogP contribution in [0.3, 0.4) is 0 Å². The predicted octanol–water partition coefficient (Wildman–Crippen LogP) is 4.43. The Kier molecular flexibility index (Phi) is 5.41. The van der Waals surface area contributed by atoms with Crippen molar-refractivity contribution in [1.29, 1.82) is 0 Å². The number of anilines is 1. The molecule has 2 aromatic carbocycles. The van der Waals surface area contributed by atoms with E-state index < -0.39 is 0 Å². The van der Waals surface area contributed by atoms with Gasteiger partial charge in [-0.2, -0.15) is 0 Å². The van der Waals surface area contributed by atoms with Crippen LogP contribution in [-0.2, 0) is 4.79 Å². The second-order valence-electron chi connectivity index (χ2n) is 6.43. The summed E-state index contributed by atoms with van der Waals surface area (Å²) in [6.07, 6.45) is 1.15. The van der Waals surface area contributed by atoms with Gasteiger partial charge < -0.3 is 20.2 Å². The average molecular weight is 383 g/mol. The van der Waals surface area contributed by atoms with Crippen molar-refractivity contribution >= 4 is 40.0 Å². The second-order valence-corrected chi connectivity index (χ2v) is 6.84. The molecular formula is C20H21N3O3S. The topological polar surface area (TPSA) is 87.4 Å². The van der Waals surface area contributed by atoms with Gasteiger partial charge in [0.05, 0.1) is 5.56 Å². The van der Waals surface area contributed by atoms with E-state index in [9.17, 15) is 9.90 Å². The number of thiocarbonyl (C=S) groups is 1. The highest BCUT2D eigenvalue weighted by Gasteiger charge is 2.15. The van der Waals surface area contributed by atoms with Crippen LogP contribution in [0.1, 0.15) is 30.9 Å². The minimum absolute atomic E-state index is 0.0439. The van der Waals surface area contributed by atoms with Crippen LogP contribution in [0, 0.1) is 13.8 Å². The lowest BCUT2D eigenvalue weighted by Crippen LogP contribution is -2.33. The number of phenols is 1. The second kappa shape index (κ2) is 7.75. The molecule has 0 aliphatic carbocycles. The molecule has 0 saturated heterocycles. The maximum atomic E-state index is 11.6. The van der Waals surface area contributed by atoms with E-state index in [0.29, 0.717) is 29.1 Å². The highest BCUT2D eigenvalue weighted by molar-refractivity contribution is 7.80. The Morgan fingerprint density at radius 2 is 2.04 bits per heavy atom. The molecule has 0 aliphatic heterocycles. The highest BCUT2D eigenvalue weighted by atomic mass is 32.1. The molecule has 1 aromatic heterocycles. The summed E-state index contributed by atoms with van der Waals surface area (Å²) in [6, 6.07) is 8.83. The van der Waals surface area contributed by atoms with Gasteiger partial charge in [0.2, 0.25) is 11.8 Å². The first kappa shape index (κ1) is 18.8. The lowest BCUT2D eigenvalue weighted by molar-refractivity contribution is -0.119. The molecule has 0 radical (unpaired) electrons. The number of carbonyl (C=O) groups is 1. The molecule has 140 valence electrons. The summed E-state index contributed by atoms with van der Waals surface area (Å²) in [5, 5.41) is 16.0. The molecule has 0 saturated carbocycles. The fraction of sp³-hybridized carbons (Fsp3) is 0.250. The number of amides is 1. The van der Waals surface area contributed by atoms with Crippen LogP contribution < -0.4 is 10.6 Å². The third-order valence-electron chi connectivity index (χ3n) is 4.03. The summed E-state index contributed by atoms with van der Waals surface area (Å²) < 4.78 is 5.88. The third-order valence-corrected chi connectivity index (χ3v) is 4.24. The van der Waals surface area contributed by atoms with Gasteiger partial charge in [0.15, 0.2) is 10.7 Å². The summed E-state index contributed by atoms with van der Waals surface area (Å²) >= 11 is 5.16. The molecule has 3 rings (SSSR count). The maximum absolute atomic E-state index is 11.6. The van der Waals surface area contributed by atoms with Crippen molar-refractivity contribution in [2.45, 2.75) is 33.6 Å². The third kappa shape index (κ3) is 4.25. The Hall–Kier alpha value is -2.93. The molecular weight excluding hydrogens is 362 g/mol. The van der Waals surface area contributed by atoms with Gasteiger partial charge in [-0.25, -0.2) is 4.98 Å². The van der Waals surface area contributed by atoms with Crippen LogP contribution in [0.5, 0.6) is 5.75 Å². The van der Waals surface area contributed by atoms with Crippen molar-refractivity contribution in [3.05, 3.63) is 41.5 Å². The number of nitrogens with one attached hydrogen (secondary N) is 2. The molecule has 0 atom stereocenters. The number of phenolic OH excluding ortho intramolecular Hbond substituents is 1. The first-order valence-corrected chi connectivity index (χ1v) is 9.10. The number of hydrogen-bond acceptors (Lipinski definition) is 5. The average Bonchev–Trinajstić information content (AvgIpc) is 3.00. The van der Waals surface area contributed by atoms with Gasteiger partial charge in [0, 0.05) is 12.1 Å². The first-order valence-electron chi connectivity index (χ1n) is 8.69. The van der Waals surface area contributed by atoms with Crippen LogP contribution in [-0.4, -0.2) is 21.1 Å². The Morgan fingerprint density at radius 3 is 2.78 bits per heavy atom. The normalized spacial score (nSPS) is 10.8. The minimum atomic E-state index is -0.140. The molecule has 6 nitrogen and oxygen atoms in total. The van der Waals surface area contributed by atoms with E-state index >= 15 is 0 Å². The predicted molar refractivity (Wildman–Crippen MR) is 110 cm³/mol. The quantitative estimate of drug-likeness (QED) is 0.456. The number of hydrogen-bond donors (Lipinski definition) is 3. The van der Waals surface area contributed by atoms with Gasteiger partial charge >= 0.3 is 0 Å². The number of fused-ring (bicyclic) bond motifs is 1. The van der Waals surface area contributed by atoms with Crippen molar-refractivity contribution in [1.82, 2.24) is 10.3 Å². The number of nitrogens with zero attached hydrogens (tertiary/aromatic N) is 1. The zero-order valence-corrected chi connectivity index (χ0v) is 16.2. The number of benzene rings is 2. The molecule has 7 heteroatoms. The van der Waals surface area contributed by atoms with Crippen molar-refractivity contribution < 1.29 is 14.3 Å². The van der Waals surface area contributed by atoms with Gasteiger partial charge in [0.25, 0.3) is 0 Å². The summed E-state index contributed by atoms with van der Waals surface area (Å²) in [5.41, 5.74) is 4.55. The molecule has 1 heterocycles. The van der Waals surface area contributed by atoms with Gasteiger partial charge in [-0.15, -0.1) is 0 Å². The number of rotatable bonds is 4. The molecule has 0 fully saturated rings. The number of aromatic hydroxyl groups is 1. The van der Waals surface area contributed by atoms with Crippen molar-refractivity contribution in [3.8, 4) is 17.2 Å². The summed E-state index contributed by atoms with van der Waals surface area (Å²) in [6.45, 7) is 5.88. The molecule has 0 spiro atoms. The highest BCUT2D eigenvalue weighted by Crippen LogP contribution is 2.34. The number of carbonyl (C=O) groups excluding carboxylic acids is 1. The summed E-state index contributed by atoms with van der Waals surface area (Å²) in [7, 11) is 0. The summed E-state index contributed by atoms with van der Waals surface area (Å²) in [4.78, 5) is 16.1. The van der Waals surface area contributed by atoms with E-state index in [1.54, 1.807) is 12.1 Å². The van der Waals surface area contributed by atoms with Crippen molar-refractivity contribution in [3.63, 3.8) is 0 Å². The number of oxazole rings is 1. The van der Waals surface area contributed by atoms with Gasteiger partial charge in [-0.1, -0.05) is 13.0 Å². The Balaban J connectivity index is 1.89. The van der Waals surface area contributed by atoms with E-state index in [1.165, 1.54) is 6.07 Å². The van der Waals surface area contributed by atoms with Crippen LogP contribution in [0.15, 0.2) is 34.7 Å². The van der Waals surface area contributed by atoms with Crippen LogP contribution in [0.4, 0.5) is 5.69 Å².